The average Bonchev–Trinajstić information content (AvgIpc) is 2.82. The van der Waals surface area contributed by atoms with Crippen LogP contribution in [0.3, 0.4) is 0 Å². The summed E-state index contributed by atoms with van der Waals surface area (Å²) in [5.41, 5.74) is -0.874. The number of hydrogen-bond donors (Lipinski definition) is 1. The van der Waals surface area contributed by atoms with E-state index < -0.39 is 15.4 Å². The van der Waals surface area contributed by atoms with Crippen LogP contribution in [0.1, 0.15) is 10.4 Å². The van der Waals surface area contributed by atoms with Gasteiger partial charge in [-0.3, -0.25) is 0 Å². The van der Waals surface area contributed by atoms with Gasteiger partial charge in [-0.25, -0.2) is 8.42 Å². The van der Waals surface area contributed by atoms with Crippen molar-refractivity contribution in [1.29, 1.82) is 0 Å². The van der Waals surface area contributed by atoms with Crippen molar-refractivity contribution < 1.29 is 13.5 Å². The molecule has 0 aliphatic rings. The van der Waals surface area contributed by atoms with E-state index >= 15 is 0 Å². The lowest BCUT2D eigenvalue weighted by atomic mass is 9.94. The highest BCUT2D eigenvalue weighted by atomic mass is 32.2. The molecule has 96 valence electrons. The van der Waals surface area contributed by atoms with Crippen molar-refractivity contribution in [3.63, 3.8) is 0 Å². The normalized spacial score (nSPS) is 15.2. The lowest BCUT2D eigenvalue weighted by Crippen LogP contribution is -2.34. The maximum atomic E-state index is 11.6. The van der Waals surface area contributed by atoms with Crippen molar-refractivity contribution in [3.8, 4) is 0 Å². The Hall–Kier alpha value is -1.17. The first-order valence-corrected chi connectivity index (χ1v) is 8.35. The van der Waals surface area contributed by atoms with E-state index in [1.165, 1.54) is 11.3 Å². The van der Waals surface area contributed by atoms with Crippen LogP contribution in [-0.2, 0) is 15.4 Å². The predicted molar refractivity (Wildman–Crippen MR) is 73.5 cm³/mol. The lowest BCUT2D eigenvalue weighted by Gasteiger charge is -2.26. The van der Waals surface area contributed by atoms with Gasteiger partial charge in [-0.05, 0) is 17.0 Å². The monoisotopic (exact) mass is 282 g/mol. The van der Waals surface area contributed by atoms with Crippen LogP contribution in [0.5, 0.6) is 0 Å². The van der Waals surface area contributed by atoms with Crippen LogP contribution >= 0.6 is 11.3 Å². The summed E-state index contributed by atoms with van der Waals surface area (Å²) >= 11 is 1.35. The molecule has 0 unspecified atom stereocenters. The van der Waals surface area contributed by atoms with E-state index in [1.807, 2.05) is 11.4 Å². The molecule has 1 aromatic carbocycles. The van der Waals surface area contributed by atoms with Gasteiger partial charge in [-0.2, -0.15) is 0 Å². The van der Waals surface area contributed by atoms with Crippen LogP contribution in [0.2, 0.25) is 0 Å². The topological polar surface area (TPSA) is 54.4 Å². The molecule has 1 atom stereocenters. The van der Waals surface area contributed by atoms with Gasteiger partial charge in [0.1, 0.15) is 5.60 Å². The largest absolute Gasteiger partial charge is 0.378 e. The molecule has 0 amide bonds. The first-order valence-electron chi connectivity index (χ1n) is 5.41. The second kappa shape index (κ2) is 4.84. The van der Waals surface area contributed by atoms with Gasteiger partial charge >= 0.3 is 0 Å². The van der Waals surface area contributed by atoms with Crippen molar-refractivity contribution in [2.45, 2.75) is 5.60 Å². The average molecular weight is 282 g/mol. The van der Waals surface area contributed by atoms with Crippen LogP contribution in [0.4, 0.5) is 0 Å². The van der Waals surface area contributed by atoms with Crippen molar-refractivity contribution >= 4 is 21.2 Å². The van der Waals surface area contributed by atoms with Gasteiger partial charge in [0.25, 0.3) is 0 Å². The lowest BCUT2D eigenvalue weighted by molar-refractivity contribution is 0.110. The molecule has 18 heavy (non-hydrogen) atoms. The van der Waals surface area contributed by atoms with Crippen LogP contribution in [-0.4, -0.2) is 25.5 Å². The summed E-state index contributed by atoms with van der Waals surface area (Å²) in [4.78, 5) is 0.638. The highest BCUT2D eigenvalue weighted by Crippen LogP contribution is 2.33. The van der Waals surface area contributed by atoms with E-state index in [-0.39, 0.29) is 5.75 Å². The minimum absolute atomic E-state index is 0.315. The zero-order valence-corrected chi connectivity index (χ0v) is 11.5. The number of hydrogen-bond acceptors (Lipinski definition) is 4. The van der Waals surface area contributed by atoms with Gasteiger partial charge in [0.05, 0.1) is 5.75 Å². The Kier molecular flexibility index (Phi) is 3.56. The maximum Gasteiger partial charge on any atom is 0.151 e. The molecule has 0 fully saturated rings. The molecule has 3 nitrogen and oxygen atoms in total. The molecule has 0 saturated carbocycles. The van der Waals surface area contributed by atoms with Gasteiger partial charge in [-0.1, -0.05) is 36.4 Å². The second-order valence-corrected chi connectivity index (χ2v) is 7.36. The predicted octanol–water partition coefficient (Wildman–Crippen LogP) is 2.03. The van der Waals surface area contributed by atoms with E-state index in [1.54, 1.807) is 36.4 Å². The Labute approximate surface area is 111 Å². The Morgan fingerprint density at radius 1 is 1.17 bits per heavy atom. The molecular formula is C13H14O3S2. The molecule has 1 heterocycles. The number of thiophene rings is 1. The van der Waals surface area contributed by atoms with Crippen LogP contribution in [0, 0.1) is 0 Å². The number of rotatable bonds is 4. The third kappa shape index (κ3) is 2.80. The Balaban J connectivity index is 2.54. The molecule has 0 spiro atoms. The van der Waals surface area contributed by atoms with E-state index in [0.717, 1.165) is 6.26 Å². The quantitative estimate of drug-likeness (QED) is 0.933. The SMILES string of the molecule is CS(=O)(=O)C[C@](O)(c1ccccc1)c1cccs1. The Bertz CT molecular complexity index is 603. The fourth-order valence-corrected chi connectivity index (χ4v) is 3.92. The summed E-state index contributed by atoms with van der Waals surface area (Å²) in [6.07, 6.45) is 1.13. The molecule has 0 aliphatic carbocycles. The van der Waals surface area contributed by atoms with E-state index in [4.69, 9.17) is 0 Å². The minimum atomic E-state index is -3.30. The van der Waals surface area contributed by atoms with E-state index in [2.05, 4.69) is 0 Å². The second-order valence-electron chi connectivity index (χ2n) is 4.27. The highest BCUT2D eigenvalue weighted by Gasteiger charge is 2.36. The van der Waals surface area contributed by atoms with Crippen molar-refractivity contribution in [3.05, 3.63) is 58.3 Å². The minimum Gasteiger partial charge on any atom is -0.378 e. The zero-order valence-electron chi connectivity index (χ0n) is 9.91. The third-order valence-corrected chi connectivity index (χ3v) is 4.61. The molecular weight excluding hydrogens is 268 g/mol. The molecule has 2 rings (SSSR count). The number of sulfone groups is 1. The molecule has 5 heteroatoms. The molecule has 0 bridgehead atoms. The molecule has 0 radical (unpaired) electrons. The molecule has 2 aromatic rings. The van der Waals surface area contributed by atoms with Crippen LogP contribution in [0.25, 0.3) is 0 Å². The van der Waals surface area contributed by atoms with Gasteiger partial charge in [0.2, 0.25) is 0 Å². The van der Waals surface area contributed by atoms with Gasteiger partial charge in [-0.15, -0.1) is 11.3 Å². The van der Waals surface area contributed by atoms with Crippen molar-refractivity contribution in [2.75, 3.05) is 12.0 Å². The van der Waals surface area contributed by atoms with Crippen molar-refractivity contribution in [2.24, 2.45) is 0 Å². The number of aliphatic hydroxyl groups is 1. The smallest absolute Gasteiger partial charge is 0.151 e. The first kappa shape index (κ1) is 13.3. The molecule has 1 N–H and O–H groups in total. The van der Waals surface area contributed by atoms with Gasteiger partial charge in [0, 0.05) is 11.1 Å². The first-order chi connectivity index (χ1) is 8.42. The van der Waals surface area contributed by atoms with Crippen molar-refractivity contribution in [1.82, 2.24) is 0 Å². The summed E-state index contributed by atoms with van der Waals surface area (Å²) in [5, 5.41) is 12.6. The fraction of sp³-hybridized carbons (Fsp3) is 0.231. The molecule has 0 saturated heterocycles. The fourth-order valence-electron chi connectivity index (χ4n) is 1.90. The summed E-state index contributed by atoms with van der Waals surface area (Å²) in [5.74, 6) is -0.315. The van der Waals surface area contributed by atoms with Crippen LogP contribution in [0.15, 0.2) is 47.8 Å². The summed E-state index contributed by atoms with van der Waals surface area (Å²) < 4.78 is 23.1. The highest BCUT2D eigenvalue weighted by molar-refractivity contribution is 7.90. The summed E-state index contributed by atoms with van der Waals surface area (Å²) in [6.45, 7) is 0. The standard InChI is InChI=1S/C13H14O3S2/c1-18(15,16)10-13(14,12-8-5-9-17-12)11-6-3-2-4-7-11/h2-9,14H,10H2,1H3/t13-/m0/s1. The maximum absolute atomic E-state index is 11.6. The van der Waals surface area contributed by atoms with Crippen LogP contribution < -0.4 is 0 Å². The van der Waals surface area contributed by atoms with E-state index in [9.17, 15) is 13.5 Å². The molecule has 1 aromatic heterocycles. The van der Waals surface area contributed by atoms with Gasteiger partial charge < -0.3 is 5.11 Å². The molecule has 0 aliphatic heterocycles. The number of benzene rings is 1. The Morgan fingerprint density at radius 2 is 1.83 bits per heavy atom. The zero-order chi connectivity index (χ0) is 13.2. The van der Waals surface area contributed by atoms with Gasteiger partial charge in [0.15, 0.2) is 9.84 Å². The summed E-state index contributed by atoms with van der Waals surface area (Å²) in [6, 6.07) is 12.4. The van der Waals surface area contributed by atoms with E-state index in [0.29, 0.717) is 10.4 Å². The summed E-state index contributed by atoms with van der Waals surface area (Å²) in [7, 11) is -3.30. The third-order valence-electron chi connectivity index (χ3n) is 2.65. The Morgan fingerprint density at radius 3 is 2.33 bits per heavy atom.